The second-order valence-electron chi connectivity index (χ2n) is 3.77. The Bertz CT molecular complexity index is 229. The van der Waals surface area contributed by atoms with Crippen molar-refractivity contribution in [3.8, 4) is 0 Å². The van der Waals surface area contributed by atoms with Gasteiger partial charge in [0.05, 0.1) is 13.2 Å². The van der Waals surface area contributed by atoms with Crippen molar-refractivity contribution in [2.45, 2.75) is 39.3 Å². The monoisotopic (exact) mass is 216 g/mol. The summed E-state index contributed by atoms with van der Waals surface area (Å²) in [7, 11) is 1.30. The van der Waals surface area contributed by atoms with E-state index in [9.17, 15) is 9.59 Å². The number of amides is 1. The zero-order valence-electron chi connectivity index (χ0n) is 9.74. The quantitative estimate of drug-likeness (QED) is 0.636. The molecule has 0 rings (SSSR count). The highest BCUT2D eigenvalue weighted by molar-refractivity contribution is 5.87. The average molecular weight is 216 g/mol. The van der Waals surface area contributed by atoms with Crippen molar-refractivity contribution >= 4 is 11.9 Å². The summed E-state index contributed by atoms with van der Waals surface area (Å²) >= 11 is 0. The first kappa shape index (κ1) is 13.9. The molecule has 0 aromatic heterocycles. The van der Waals surface area contributed by atoms with Gasteiger partial charge in [0.2, 0.25) is 5.91 Å². The minimum atomic E-state index is -0.625. The maximum atomic E-state index is 11.5. The highest BCUT2D eigenvalue weighted by Crippen LogP contribution is 2.04. The lowest BCUT2D eigenvalue weighted by molar-refractivity contribution is -0.146. The first-order valence-electron chi connectivity index (χ1n) is 5.07. The Labute approximate surface area is 90.4 Å². The van der Waals surface area contributed by atoms with E-state index in [4.69, 9.17) is 5.73 Å². The molecule has 15 heavy (non-hydrogen) atoms. The van der Waals surface area contributed by atoms with Crippen LogP contribution in [0.3, 0.4) is 0 Å². The number of hydrogen-bond acceptors (Lipinski definition) is 4. The molecule has 0 aliphatic carbocycles. The maximum absolute atomic E-state index is 11.5. The van der Waals surface area contributed by atoms with Crippen molar-refractivity contribution in [3.63, 3.8) is 0 Å². The van der Waals surface area contributed by atoms with Gasteiger partial charge in [0.1, 0.15) is 6.04 Å². The number of hydrogen-bond donors (Lipinski definition) is 2. The minimum Gasteiger partial charge on any atom is -0.467 e. The van der Waals surface area contributed by atoms with Crippen LogP contribution in [0.15, 0.2) is 0 Å². The van der Waals surface area contributed by atoms with Gasteiger partial charge in [-0.1, -0.05) is 20.8 Å². The molecule has 0 saturated carbocycles. The molecule has 0 aromatic rings. The second-order valence-corrected chi connectivity index (χ2v) is 3.77. The van der Waals surface area contributed by atoms with Crippen molar-refractivity contribution in [2.75, 3.05) is 7.11 Å². The number of carbonyl (C=O) groups excluding carboxylic acids is 2. The predicted molar refractivity (Wildman–Crippen MR) is 57.1 cm³/mol. The van der Waals surface area contributed by atoms with E-state index in [1.807, 2.05) is 20.8 Å². The van der Waals surface area contributed by atoms with Crippen molar-refractivity contribution in [3.05, 3.63) is 0 Å². The molecule has 0 fully saturated rings. The summed E-state index contributed by atoms with van der Waals surface area (Å²) in [5.41, 5.74) is 5.54. The predicted octanol–water partition coefficient (Wildman–Crippen LogP) is 0.0375. The maximum Gasteiger partial charge on any atom is 0.328 e. The average Bonchev–Trinajstić information content (AvgIpc) is 2.22. The zero-order chi connectivity index (χ0) is 12.0. The Kier molecular flexibility index (Phi) is 5.93. The third-order valence-electron chi connectivity index (χ3n) is 2.20. The van der Waals surface area contributed by atoms with Crippen LogP contribution in [-0.4, -0.2) is 31.1 Å². The van der Waals surface area contributed by atoms with E-state index in [0.717, 1.165) is 0 Å². The van der Waals surface area contributed by atoms with E-state index in [0.29, 0.717) is 6.42 Å². The Morgan fingerprint density at radius 1 is 1.40 bits per heavy atom. The second kappa shape index (κ2) is 6.40. The smallest absolute Gasteiger partial charge is 0.328 e. The van der Waals surface area contributed by atoms with Gasteiger partial charge in [-0.2, -0.15) is 0 Å². The molecule has 0 aliphatic heterocycles. The summed E-state index contributed by atoms with van der Waals surface area (Å²) in [5.74, 6) is -0.784. The summed E-state index contributed by atoms with van der Waals surface area (Å²) in [5, 5.41) is 2.58. The van der Waals surface area contributed by atoms with Gasteiger partial charge >= 0.3 is 5.97 Å². The Morgan fingerprint density at radius 3 is 2.27 bits per heavy atom. The normalized spacial score (nSPS) is 14.5. The van der Waals surface area contributed by atoms with Crippen LogP contribution >= 0.6 is 0 Å². The molecular weight excluding hydrogens is 196 g/mol. The lowest BCUT2D eigenvalue weighted by atomic mass is 10.0. The van der Waals surface area contributed by atoms with E-state index < -0.39 is 18.1 Å². The Balaban J connectivity index is 4.42. The largest absolute Gasteiger partial charge is 0.467 e. The number of rotatable bonds is 5. The first-order valence-corrected chi connectivity index (χ1v) is 5.07. The van der Waals surface area contributed by atoms with Gasteiger partial charge < -0.3 is 15.8 Å². The fraction of sp³-hybridized carbons (Fsp3) is 0.800. The highest BCUT2D eigenvalue weighted by atomic mass is 16.5. The fourth-order valence-electron chi connectivity index (χ4n) is 1.07. The number of nitrogens with one attached hydrogen (secondary N) is 1. The van der Waals surface area contributed by atoms with Crippen molar-refractivity contribution < 1.29 is 14.3 Å². The lowest BCUT2D eigenvalue weighted by Crippen LogP contribution is -2.50. The summed E-state index contributed by atoms with van der Waals surface area (Å²) in [6.45, 7) is 5.48. The number of esters is 1. The van der Waals surface area contributed by atoms with Crippen molar-refractivity contribution in [1.82, 2.24) is 5.32 Å². The Hall–Kier alpha value is -1.10. The van der Waals surface area contributed by atoms with Crippen molar-refractivity contribution in [1.29, 1.82) is 0 Å². The van der Waals surface area contributed by atoms with Crippen LogP contribution < -0.4 is 11.1 Å². The molecule has 0 radical (unpaired) electrons. The third kappa shape index (κ3) is 4.29. The molecule has 0 heterocycles. The molecule has 1 unspecified atom stereocenters. The molecule has 0 spiro atoms. The van der Waals surface area contributed by atoms with Crippen LogP contribution in [-0.2, 0) is 14.3 Å². The standard InChI is InChI=1S/C10H20N2O3/c1-5-7(11)9(13)12-8(6(2)3)10(14)15-4/h6-8H,5,11H2,1-4H3,(H,12,13)/t7?,8-/m0/s1. The van der Waals surface area contributed by atoms with Crippen LogP contribution in [0.1, 0.15) is 27.2 Å². The molecule has 5 nitrogen and oxygen atoms in total. The van der Waals surface area contributed by atoms with Gasteiger partial charge in [-0.15, -0.1) is 0 Å². The molecular formula is C10H20N2O3. The van der Waals surface area contributed by atoms with Crippen LogP contribution in [0.2, 0.25) is 0 Å². The number of methoxy groups -OCH3 is 1. The molecule has 0 saturated heterocycles. The molecule has 5 heteroatoms. The number of carbonyl (C=O) groups is 2. The SMILES string of the molecule is CCC(N)C(=O)N[C@H](C(=O)OC)C(C)C. The molecule has 1 amide bonds. The van der Waals surface area contributed by atoms with E-state index in [-0.39, 0.29) is 11.8 Å². The summed E-state index contributed by atoms with van der Waals surface area (Å²) in [6, 6.07) is -1.20. The molecule has 88 valence electrons. The lowest BCUT2D eigenvalue weighted by Gasteiger charge is -2.21. The third-order valence-corrected chi connectivity index (χ3v) is 2.20. The van der Waals surface area contributed by atoms with Gasteiger partial charge in [0.15, 0.2) is 0 Å². The van der Waals surface area contributed by atoms with E-state index in [2.05, 4.69) is 10.1 Å². The van der Waals surface area contributed by atoms with E-state index in [1.165, 1.54) is 7.11 Å². The highest BCUT2D eigenvalue weighted by Gasteiger charge is 2.26. The topological polar surface area (TPSA) is 81.4 Å². The van der Waals surface area contributed by atoms with E-state index in [1.54, 1.807) is 0 Å². The molecule has 3 N–H and O–H groups in total. The zero-order valence-corrected chi connectivity index (χ0v) is 9.74. The summed E-state index contributed by atoms with van der Waals surface area (Å²) in [4.78, 5) is 22.8. The summed E-state index contributed by atoms with van der Waals surface area (Å²) < 4.78 is 4.59. The van der Waals surface area contributed by atoms with Crippen LogP contribution in [0, 0.1) is 5.92 Å². The van der Waals surface area contributed by atoms with Gasteiger partial charge in [-0.05, 0) is 12.3 Å². The molecule has 0 aromatic carbocycles. The number of nitrogens with two attached hydrogens (primary N) is 1. The van der Waals surface area contributed by atoms with Crippen LogP contribution in [0.5, 0.6) is 0 Å². The molecule has 0 bridgehead atoms. The molecule has 2 atom stereocenters. The van der Waals surface area contributed by atoms with Crippen molar-refractivity contribution in [2.24, 2.45) is 11.7 Å². The molecule has 0 aliphatic rings. The van der Waals surface area contributed by atoms with Crippen LogP contribution in [0.4, 0.5) is 0 Å². The van der Waals surface area contributed by atoms with E-state index >= 15 is 0 Å². The van der Waals surface area contributed by atoms with Crippen LogP contribution in [0.25, 0.3) is 0 Å². The van der Waals surface area contributed by atoms with Gasteiger partial charge in [-0.25, -0.2) is 4.79 Å². The minimum absolute atomic E-state index is 0.0227. The Morgan fingerprint density at radius 2 is 1.93 bits per heavy atom. The number of ether oxygens (including phenoxy) is 1. The van der Waals surface area contributed by atoms with Gasteiger partial charge in [-0.3, -0.25) is 4.79 Å². The van der Waals surface area contributed by atoms with Gasteiger partial charge in [0, 0.05) is 0 Å². The fourth-order valence-corrected chi connectivity index (χ4v) is 1.07. The first-order chi connectivity index (χ1) is 6.93. The van der Waals surface area contributed by atoms with Gasteiger partial charge in [0.25, 0.3) is 0 Å². The summed E-state index contributed by atoms with van der Waals surface area (Å²) in [6.07, 6.45) is 0.540.